The summed E-state index contributed by atoms with van der Waals surface area (Å²) in [6.07, 6.45) is 0. The molecule has 19 heavy (non-hydrogen) atoms. The van der Waals surface area contributed by atoms with Gasteiger partial charge in [0.25, 0.3) is 0 Å². The summed E-state index contributed by atoms with van der Waals surface area (Å²) in [7, 11) is 0. The SMILES string of the molecule is CC(C)(C)c1ccc(C[S@@+]([O-])c2ccccc2)cc1. The molecule has 0 saturated heterocycles. The molecule has 0 aliphatic heterocycles. The van der Waals surface area contributed by atoms with Crippen molar-refractivity contribution in [2.75, 3.05) is 0 Å². The Morgan fingerprint density at radius 1 is 0.895 bits per heavy atom. The van der Waals surface area contributed by atoms with Gasteiger partial charge in [0.15, 0.2) is 4.90 Å². The lowest BCUT2D eigenvalue weighted by Crippen LogP contribution is -2.11. The topological polar surface area (TPSA) is 23.1 Å². The van der Waals surface area contributed by atoms with E-state index in [-0.39, 0.29) is 5.41 Å². The minimum Gasteiger partial charge on any atom is -0.611 e. The highest BCUT2D eigenvalue weighted by Gasteiger charge is 2.15. The van der Waals surface area contributed by atoms with Gasteiger partial charge in [-0.2, -0.15) is 0 Å². The first kappa shape index (κ1) is 14.2. The summed E-state index contributed by atoms with van der Waals surface area (Å²) in [5.41, 5.74) is 2.59. The molecule has 0 aliphatic carbocycles. The van der Waals surface area contributed by atoms with E-state index in [1.807, 2.05) is 30.3 Å². The van der Waals surface area contributed by atoms with E-state index in [1.54, 1.807) is 0 Å². The maximum Gasteiger partial charge on any atom is 0.153 e. The molecule has 0 aromatic heterocycles. The Morgan fingerprint density at radius 3 is 2.00 bits per heavy atom. The highest BCUT2D eigenvalue weighted by atomic mass is 32.2. The molecule has 0 N–H and O–H groups in total. The molecule has 1 nitrogen and oxygen atoms in total. The fourth-order valence-electron chi connectivity index (χ4n) is 1.91. The van der Waals surface area contributed by atoms with Crippen LogP contribution in [0.4, 0.5) is 0 Å². The van der Waals surface area contributed by atoms with E-state index in [0.717, 1.165) is 10.5 Å². The van der Waals surface area contributed by atoms with Gasteiger partial charge in [-0.05, 0) is 34.3 Å². The van der Waals surface area contributed by atoms with Crippen molar-refractivity contribution in [2.24, 2.45) is 0 Å². The second-order valence-corrected chi connectivity index (χ2v) is 7.20. The molecule has 0 aliphatic rings. The van der Waals surface area contributed by atoms with Crippen molar-refractivity contribution in [3.05, 3.63) is 65.7 Å². The predicted molar refractivity (Wildman–Crippen MR) is 81.7 cm³/mol. The molecule has 0 fully saturated rings. The van der Waals surface area contributed by atoms with Crippen molar-refractivity contribution in [3.8, 4) is 0 Å². The minimum atomic E-state index is -0.962. The third-order valence-electron chi connectivity index (χ3n) is 3.12. The Morgan fingerprint density at radius 2 is 1.47 bits per heavy atom. The third kappa shape index (κ3) is 3.85. The van der Waals surface area contributed by atoms with Crippen LogP contribution in [-0.4, -0.2) is 4.55 Å². The van der Waals surface area contributed by atoms with Crippen molar-refractivity contribution >= 4 is 11.2 Å². The normalized spacial score (nSPS) is 13.3. The first-order valence-electron chi connectivity index (χ1n) is 6.50. The fourth-order valence-corrected chi connectivity index (χ4v) is 3.03. The molecule has 0 heterocycles. The van der Waals surface area contributed by atoms with Gasteiger partial charge in [-0.15, -0.1) is 0 Å². The molecule has 0 unspecified atom stereocenters. The summed E-state index contributed by atoms with van der Waals surface area (Å²) in [5, 5.41) is 0. The Kier molecular flexibility index (Phi) is 4.33. The zero-order valence-electron chi connectivity index (χ0n) is 11.7. The average molecular weight is 272 g/mol. The van der Waals surface area contributed by atoms with Crippen LogP contribution < -0.4 is 0 Å². The Balaban J connectivity index is 2.08. The van der Waals surface area contributed by atoms with E-state index in [0.29, 0.717) is 5.75 Å². The van der Waals surface area contributed by atoms with Gasteiger partial charge in [0.05, 0.1) is 0 Å². The maximum absolute atomic E-state index is 12.2. The molecule has 0 radical (unpaired) electrons. The van der Waals surface area contributed by atoms with Gasteiger partial charge in [0, 0.05) is 5.56 Å². The van der Waals surface area contributed by atoms with Crippen molar-refractivity contribution < 1.29 is 4.55 Å². The lowest BCUT2D eigenvalue weighted by atomic mass is 9.87. The number of benzene rings is 2. The highest BCUT2D eigenvalue weighted by Crippen LogP contribution is 2.23. The van der Waals surface area contributed by atoms with Crippen molar-refractivity contribution in [1.82, 2.24) is 0 Å². The Hall–Kier alpha value is -1.25. The molecular formula is C17H20OS. The van der Waals surface area contributed by atoms with E-state index >= 15 is 0 Å². The van der Waals surface area contributed by atoms with Crippen LogP contribution in [0.15, 0.2) is 59.5 Å². The van der Waals surface area contributed by atoms with Gasteiger partial charge >= 0.3 is 0 Å². The molecule has 2 aromatic rings. The highest BCUT2D eigenvalue weighted by molar-refractivity contribution is 7.90. The molecule has 2 rings (SSSR count). The van der Waals surface area contributed by atoms with Crippen LogP contribution in [0, 0.1) is 0 Å². The molecular weight excluding hydrogens is 252 g/mol. The van der Waals surface area contributed by atoms with Gasteiger partial charge in [-0.1, -0.05) is 63.2 Å². The average Bonchev–Trinajstić information content (AvgIpc) is 2.39. The lowest BCUT2D eigenvalue weighted by Gasteiger charge is -2.19. The maximum atomic E-state index is 12.2. The fraction of sp³-hybridized carbons (Fsp3) is 0.294. The summed E-state index contributed by atoms with van der Waals surface area (Å²) in [5.74, 6) is 0.578. The van der Waals surface area contributed by atoms with Gasteiger partial charge in [0.1, 0.15) is 5.75 Å². The first-order valence-corrected chi connectivity index (χ1v) is 7.81. The van der Waals surface area contributed by atoms with Gasteiger partial charge in [0.2, 0.25) is 0 Å². The Bertz CT molecular complexity index is 511. The van der Waals surface area contributed by atoms with Crippen LogP contribution in [0.2, 0.25) is 0 Å². The van der Waals surface area contributed by atoms with Gasteiger partial charge in [-0.3, -0.25) is 0 Å². The Labute approximate surface area is 118 Å². The van der Waals surface area contributed by atoms with Crippen molar-refractivity contribution in [1.29, 1.82) is 0 Å². The van der Waals surface area contributed by atoms with Crippen LogP contribution in [0.1, 0.15) is 31.9 Å². The predicted octanol–water partition coefficient (Wildman–Crippen LogP) is 4.29. The molecule has 0 bridgehead atoms. The minimum absolute atomic E-state index is 0.164. The van der Waals surface area contributed by atoms with Crippen LogP contribution in [-0.2, 0) is 22.3 Å². The molecule has 1 atom stereocenters. The molecule has 0 spiro atoms. The monoisotopic (exact) mass is 272 g/mol. The van der Waals surface area contributed by atoms with E-state index in [4.69, 9.17) is 0 Å². The summed E-state index contributed by atoms with van der Waals surface area (Å²) in [6, 6.07) is 18.1. The first-order chi connectivity index (χ1) is 8.97. The summed E-state index contributed by atoms with van der Waals surface area (Å²) in [4.78, 5) is 0.891. The van der Waals surface area contributed by atoms with E-state index in [2.05, 4.69) is 45.0 Å². The van der Waals surface area contributed by atoms with E-state index in [9.17, 15) is 4.55 Å². The molecule has 100 valence electrons. The number of hydrogen-bond acceptors (Lipinski definition) is 1. The summed E-state index contributed by atoms with van der Waals surface area (Å²) < 4.78 is 12.2. The number of hydrogen-bond donors (Lipinski definition) is 0. The van der Waals surface area contributed by atoms with Gasteiger partial charge in [-0.25, -0.2) is 0 Å². The molecule has 0 amide bonds. The summed E-state index contributed by atoms with van der Waals surface area (Å²) in [6.45, 7) is 6.60. The van der Waals surface area contributed by atoms with E-state index < -0.39 is 11.2 Å². The van der Waals surface area contributed by atoms with Crippen LogP contribution >= 0.6 is 0 Å². The zero-order chi connectivity index (χ0) is 13.9. The lowest BCUT2D eigenvalue weighted by molar-refractivity contribution is 0.589. The second kappa shape index (κ2) is 5.81. The second-order valence-electron chi connectivity index (χ2n) is 5.75. The van der Waals surface area contributed by atoms with Gasteiger partial charge < -0.3 is 4.55 Å². The standard InChI is InChI=1S/C17H20OS/c1-17(2,3)15-11-9-14(10-12-15)13-19(18)16-7-5-4-6-8-16/h4-12H,13H2,1-3H3/t19-/m1/s1. The quantitative estimate of drug-likeness (QED) is 0.764. The van der Waals surface area contributed by atoms with Crippen molar-refractivity contribution in [3.63, 3.8) is 0 Å². The van der Waals surface area contributed by atoms with Crippen LogP contribution in [0.25, 0.3) is 0 Å². The molecule has 2 aromatic carbocycles. The van der Waals surface area contributed by atoms with Crippen LogP contribution in [0.3, 0.4) is 0 Å². The van der Waals surface area contributed by atoms with E-state index in [1.165, 1.54) is 5.56 Å². The van der Waals surface area contributed by atoms with Crippen molar-refractivity contribution in [2.45, 2.75) is 36.8 Å². The summed E-state index contributed by atoms with van der Waals surface area (Å²) >= 11 is -0.962. The molecule has 2 heteroatoms. The third-order valence-corrected chi connectivity index (χ3v) is 4.52. The van der Waals surface area contributed by atoms with Crippen LogP contribution in [0.5, 0.6) is 0 Å². The largest absolute Gasteiger partial charge is 0.611 e. The number of rotatable bonds is 3. The smallest absolute Gasteiger partial charge is 0.153 e. The zero-order valence-corrected chi connectivity index (χ0v) is 12.5. The molecule has 0 saturated carbocycles.